The highest BCUT2D eigenvalue weighted by Crippen LogP contribution is 2.18. The number of nitrogens with zero attached hydrogens (tertiary/aromatic N) is 2. The number of morpholine rings is 1. The number of anilines is 1. The molecule has 2 N–H and O–H groups in total. The van der Waals surface area contributed by atoms with Gasteiger partial charge in [-0.1, -0.05) is 23.7 Å². The SMILES string of the molecule is O=C(Nc1ccc(-n2cccc(C(=O)NCCCN3CCOCC3)c2=O)cc1)c1ccccc1Cl. The third kappa shape index (κ3) is 6.36. The normalized spacial score (nSPS) is 13.9. The van der Waals surface area contributed by atoms with Gasteiger partial charge in [-0.15, -0.1) is 0 Å². The van der Waals surface area contributed by atoms with Gasteiger partial charge in [-0.3, -0.25) is 23.9 Å². The van der Waals surface area contributed by atoms with E-state index in [1.165, 1.54) is 10.6 Å². The number of amides is 2. The van der Waals surface area contributed by atoms with Crippen molar-refractivity contribution in [3.8, 4) is 5.69 Å². The molecule has 4 rings (SSSR count). The third-order valence-electron chi connectivity index (χ3n) is 5.75. The van der Waals surface area contributed by atoms with Gasteiger partial charge in [-0.2, -0.15) is 0 Å². The maximum Gasteiger partial charge on any atom is 0.267 e. The van der Waals surface area contributed by atoms with Gasteiger partial charge in [0.1, 0.15) is 5.56 Å². The molecule has 2 aromatic carbocycles. The first-order valence-corrected chi connectivity index (χ1v) is 11.9. The zero-order valence-electron chi connectivity index (χ0n) is 19.2. The van der Waals surface area contributed by atoms with Crippen molar-refractivity contribution in [2.75, 3.05) is 44.7 Å². The Balaban J connectivity index is 1.37. The Morgan fingerprint density at radius 2 is 1.63 bits per heavy atom. The van der Waals surface area contributed by atoms with E-state index in [2.05, 4.69) is 15.5 Å². The number of aromatic nitrogens is 1. The standard InChI is InChI=1S/C26H27ClN4O4/c27-23-7-2-1-5-21(23)25(33)29-19-8-10-20(11-9-19)31-14-3-6-22(26(31)34)24(32)28-12-4-13-30-15-17-35-18-16-30/h1-3,5-11,14H,4,12-13,15-18H2,(H,28,32)(H,29,33). The lowest BCUT2D eigenvalue weighted by Gasteiger charge is -2.26. The minimum absolute atomic E-state index is 0.0787. The lowest BCUT2D eigenvalue weighted by atomic mass is 10.2. The summed E-state index contributed by atoms with van der Waals surface area (Å²) in [6.07, 6.45) is 2.41. The lowest BCUT2D eigenvalue weighted by molar-refractivity contribution is 0.0374. The summed E-state index contributed by atoms with van der Waals surface area (Å²) in [5, 5.41) is 5.99. The fourth-order valence-electron chi connectivity index (χ4n) is 3.84. The highest BCUT2D eigenvalue weighted by molar-refractivity contribution is 6.34. The van der Waals surface area contributed by atoms with Gasteiger partial charge in [0.25, 0.3) is 17.4 Å². The molecule has 2 heterocycles. The molecule has 8 nitrogen and oxygen atoms in total. The van der Waals surface area contributed by atoms with Crippen LogP contribution < -0.4 is 16.2 Å². The topological polar surface area (TPSA) is 92.7 Å². The van der Waals surface area contributed by atoms with Crippen molar-refractivity contribution in [2.45, 2.75) is 6.42 Å². The van der Waals surface area contributed by atoms with Crippen LogP contribution in [0.3, 0.4) is 0 Å². The van der Waals surface area contributed by atoms with Crippen LogP contribution in [0.15, 0.2) is 71.7 Å². The number of ether oxygens (including phenoxy) is 1. The van der Waals surface area contributed by atoms with Crippen LogP contribution in [0.5, 0.6) is 0 Å². The number of nitrogens with one attached hydrogen (secondary N) is 2. The molecule has 9 heteroatoms. The predicted octanol–water partition coefficient (Wildman–Crippen LogP) is 3.20. The van der Waals surface area contributed by atoms with Crippen LogP contribution in [-0.2, 0) is 4.74 Å². The van der Waals surface area contributed by atoms with E-state index in [-0.39, 0.29) is 11.5 Å². The highest BCUT2D eigenvalue weighted by Gasteiger charge is 2.14. The highest BCUT2D eigenvalue weighted by atomic mass is 35.5. The first-order chi connectivity index (χ1) is 17.0. The van der Waals surface area contributed by atoms with Gasteiger partial charge in [0.2, 0.25) is 0 Å². The maximum absolute atomic E-state index is 13.0. The predicted molar refractivity (Wildman–Crippen MR) is 136 cm³/mol. The fourth-order valence-corrected chi connectivity index (χ4v) is 4.07. The minimum atomic E-state index is -0.411. The summed E-state index contributed by atoms with van der Waals surface area (Å²) in [6, 6.07) is 16.8. The summed E-state index contributed by atoms with van der Waals surface area (Å²) in [6.45, 7) is 4.65. The molecule has 1 aromatic heterocycles. The van der Waals surface area contributed by atoms with E-state index in [1.54, 1.807) is 60.8 Å². The van der Waals surface area contributed by atoms with Gasteiger partial charge < -0.3 is 15.4 Å². The van der Waals surface area contributed by atoms with Crippen molar-refractivity contribution >= 4 is 29.1 Å². The zero-order chi connectivity index (χ0) is 24.6. The van der Waals surface area contributed by atoms with Gasteiger partial charge in [-0.25, -0.2) is 0 Å². The molecule has 0 radical (unpaired) electrons. The van der Waals surface area contributed by atoms with E-state index in [1.807, 2.05) is 0 Å². The molecule has 2 amide bonds. The fraction of sp³-hybridized carbons (Fsp3) is 0.269. The van der Waals surface area contributed by atoms with Crippen molar-refractivity contribution < 1.29 is 14.3 Å². The van der Waals surface area contributed by atoms with E-state index in [4.69, 9.17) is 16.3 Å². The molecular formula is C26H27ClN4O4. The van der Waals surface area contributed by atoms with Crippen LogP contribution in [0.2, 0.25) is 5.02 Å². The molecular weight excluding hydrogens is 468 g/mol. The first kappa shape index (κ1) is 24.7. The smallest absolute Gasteiger partial charge is 0.267 e. The van der Waals surface area contributed by atoms with E-state index < -0.39 is 11.5 Å². The van der Waals surface area contributed by atoms with Crippen molar-refractivity contribution in [1.82, 2.24) is 14.8 Å². The van der Waals surface area contributed by atoms with Gasteiger partial charge in [0.15, 0.2) is 0 Å². The molecule has 1 aliphatic rings. The Labute approximate surface area is 208 Å². The number of hydrogen-bond donors (Lipinski definition) is 2. The molecule has 0 unspecified atom stereocenters. The van der Waals surface area contributed by atoms with Crippen molar-refractivity contribution in [2.24, 2.45) is 0 Å². The summed E-state index contributed by atoms with van der Waals surface area (Å²) >= 11 is 6.09. The molecule has 0 spiro atoms. The van der Waals surface area contributed by atoms with E-state index >= 15 is 0 Å². The van der Waals surface area contributed by atoms with Crippen LogP contribution in [0.4, 0.5) is 5.69 Å². The number of benzene rings is 2. The van der Waals surface area contributed by atoms with Crippen LogP contribution in [0.1, 0.15) is 27.1 Å². The third-order valence-corrected chi connectivity index (χ3v) is 6.08. The summed E-state index contributed by atoms with van der Waals surface area (Å²) in [4.78, 5) is 40.3. The van der Waals surface area contributed by atoms with E-state index in [9.17, 15) is 14.4 Å². The molecule has 0 aliphatic carbocycles. The number of halogens is 1. The Morgan fingerprint density at radius 3 is 2.37 bits per heavy atom. The van der Waals surface area contributed by atoms with Gasteiger partial charge in [-0.05, 0) is 61.5 Å². The molecule has 35 heavy (non-hydrogen) atoms. The molecule has 0 atom stereocenters. The Hall–Kier alpha value is -3.46. The van der Waals surface area contributed by atoms with Crippen molar-refractivity contribution in [1.29, 1.82) is 0 Å². The van der Waals surface area contributed by atoms with Gasteiger partial charge in [0, 0.05) is 37.2 Å². The van der Waals surface area contributed by atoms with E-state index in [0.717, 1.165) is 39.3 Å². The molecule has 1 saturated heterocycles. The second kappa shape index (κ2) is 11.8. The number of carbonyl (C=O) groups is 2. The Bertz CT molecular complexity index is 1240. The molecule has 0 bridgehead atoms. The van der Waals surface area contributed by atoms with Crippen LogP contribution in [-0.4, -0.2) is 60.7 Å². The molecule has 1 aliphatic heterocycles. The zero-order valence-corrected chi connectivity index (χ0v) is 20.0. The lowest BCUT2D eigenvalue weighted by Crippen LogP contribution is -2.38. The van der Waals surface area contributed by atoms with E-state index in [0.29, 0.717) is 28.5 Å². The number of carbonyl (C=O) groups excluding carboxylic acids is 2. The number of hydrogen-bond acceptors (Lipinski definition) is 5. The second-order valence-corrected chi connectivity index (χ2v) is 8.55. The average molecular weight is 495 g/mol. The quantitative estimate of drug-likeness (QED) is 0.469. The van der Waals surface area contributed by atoms with Crippen LogP contribution in [0, 0.1) is 0 Å². The Morgan fingerprint density at radius 1 is 0.914 bits per heavy atom. The summed E-state index contributed by atoms with van der Waals surface area (Å²) in [5.74, 6) is -0.720. The van der Waals surface area contributed by atoms with Crippen molar-refractivity contribution in [3.05, 3.63) is 93.4 Å². The molecule has 0 saturated carbocycles. The Kier molecular flexibility index (Phi) is 8.31. The summed E-state index contributed by atoms with van der Waals surface area (Å²) in [7, 11) is 0. The average Bonchev–Trinajstić information content (AvgIpc) is 2.88. The molecule has 3 aromatic rings. The minimum Gasteiger partial charge on any atom is -0.379 e. The van der Waals surface area contributed by atoms with Gasteiger partial charge >= 0.3 is 0 Å². The molecule has 1 fully saturated rings. The number of rotatable bonds is 8. The summed E-state index contributed by atoms with van der Waals surface area (Å²) in [5.41, 5.74) is 1.17. The van der Waals surface area contributed by atoms with Gasteiger partial charge in [0.05, 0.1) is 23.8 Å². The van der Waals surface area contributed by atoms with Crippen molar-refractivity contribution in [3.63, 3.8) is 0 Å². The first-order valence-electron chi connectivity index (χ1n) is 11.5. The maximum atomic E-state index is 13.0. The van der Waals surface area contributed by atoms with Crippen LogP contribution in [0.25, 0.3) is 5.69 Å². The monoisotopic (exact) mass is 494 g/mol. The van der Waals surface area contributed by atoms with Crippen LogP contribution >= 0.6 is 11.6 Å². The summed E-state index contributed by atoms with van der Waals surface area (Å²) < 4.78 is 6.74. The number of pyridine rings is 1. The second-order valence-electron chi connectivity index (χ2n) is 8.14. The largest absolute Gasteiger partial charge is 0.379 e. The molecule has 182 valence electrons.